The lowest BCUT2D eigenvalue weighted by Gasteiger charge is -2.08. The van der Waals surface area contributed by atoms with E-state index < -0.39 is 0 Å². The topological polar surface area (TPSA) is 51.1 Å². The van der Waals surface area contributed by atoms with E-state index in [2.05, 4.69) is 24.4 Å². The molecule has 1 amide bonds. The number of hydrogen-bond acceptors (Lipinski definition) is 3. The molecular weight excluding hydrogens is 392 g/mol. The van der Waals surface area contributed by atoms with Crippen LogP contribution in [0.2, 0.25) is 0 Å². The molecule has 0 fully saturated rings. The summed E-state index contributed by atoms with van der Waals surface area (Å²) in [5, 5.41) is 5.11. The van der Waals surface area contributed by atoms with Crippen LogP contribution in [0, 0.1) is 0 Å². The van der Waals surface area contributed by atoms with Gasteiger partial charge in [-0.15, -0.1) is 11.8 Å². The smallest absolute Gasteiger partial charge is 0.241 e. The van der Waals surface area contributed by atoms with Crippen LogP contribution in [0.4, 0.5) is 5.69 Å². The van der Waals surface area contributed by atoms with Gasteiger partial charge in [-0.25, -0.2) is 0 Å². The van der Waals surface area contributed by atoms with Crippen LogP contribution in [0.5, 0.6) is 0 Å². The molecule has 4 aromatic rings. The van der Waals surface area contributed by atoms with Gasteiger partial charge in [0.2, 0.25) is 11.8 Å². The number of hydrogen-bond donors (Lipinski definition) is 1. The van der Waals surface area contributed by atoms with Crippen LogP contribution in [0.1, 0.15) is 31.0 Å². The Bertz CT molecular complexity index is 1160. The molecule has 1 aromatic heterocycles. The number of amides is 1. The molecule has 3 aromatic carbocycles. The average Bonchev–Trinajstić information content (AvgIpc) is 3.11. The Morgan fingerprint density at radius 1 is 0.900 bits per heavy atom. The van der Waals surface area contributed by atoms with E-state index in [0.29, 0.717) is 12.2 Å². The largest absolute Gasteiger partial charge is 0.326 e. The van der Waals surface area contributed by atoms with Crippen LogP contribution >= 0.6 is 11.8 Å². The van der Waals surface area contributed by atoms with Crippen LogP contribution in [0.15, 0.2) is 77.7 Å². The number of benzene rings is 3. The summed E-state index contributed by atoms with van der Waals surface area (Å²) < 4.78 is 1.81. The molecule has 0 aliphatic carbocycles. The minimum Gasteiger partial charge on any atom is -0.326 e. The van der Waals surface area contributed by atoms with E-state index in [1.165, 1.54) is 11.8 Å². The first kappa shape index (κ1) is 20.2. The highest BCUT2D eigenvalue weighted by Gasteiger charge is 2.15. The van der Waals surface area contributed by atoms with Crippen molar-refractivity contribution >= 4 is 51.1 Å². The van der Waals surface area contributed by atoms with E-state index in [1.54, 1.807) is 0 Å². The van der Waals surface area contributed by atoms with Crippen molar-refractivity contribution in [2.75, 3.05) is 11.1 Å². The maximum atomic E-state index is 13.2. The molecule has 0 saturated heterocycles. The molecule has 1 heterocycles. The summed E-state index contributed by atoms with van der Waals surface area (Å²) in [5.41, 5.74) is 2.63. The highest BCUT2D eigenvalue weighted by Crippen LogP contribution is 2.30. The molecule has 0 aliphatic rings. The number of unbranched alkanes of at least 4 members (excludes halogenated alkanes) is 1. The Balaban J connectivity index is 1.52. The number of fused-ring (bicyclic) bond motifs is 3. The highest BCUT2D eigenvalue weighted by atomic mass is 32.2. The molecule has 4 rings (SSSR count). The zero-order valence-corrected chi connectivity index (χ0v) is 17.7. The van der Waals surface area contributed by atoms with E-state index in [-0.39, 0.29) is 11.8 Å². The Morgan fingerprint density at radius 2 is 1.57 bits per heavy atom. The molecule has 5 heteroatoms. The lowest BCUT2D eigenvalue weighted by Crippen LogP contribution is -2.13. The Labute approximate surface area is 180 Å². The van der Waals surface area contributed by atoms with Crippen molar-refractivity contribution < 1.29 is 9.59 Å². The number of anilines is 1. The number of para-hydroxylation sites is 2. The Hall–Kier alpha value is -3.05. The average molecular weight is 417 g/mol. The normalized spacial score (nSPS) is 11.1. The van der Waals surface area contributed by atoms with Gasteiger partial charge >= 0.3 is 0 Å². The van der Waals surface area contributed by atoms with Crippen molar-refractivity contribution in [2.45, 2.75) is 31.1 Å². The van der Waals surface area contributed by atoms with Crippen LogP contribution in [0.25, 0.3) is 21.8 Å². The Kier molecular flexibility index (Phi) is 6.19. The molecule has 4 nitrogen and oxygen atoms in total. The quantitative estimate of drug-likeness (QED) is 0.357. The lowest BCUT2D eigenvalue weighted by molar-refractivity contribution is -0.116. The molecule has 0 spiro atoms. The van der Waals surface area contributed by atoms with Gasteiger partial charge in [-0.2, -0.15) is 0 Å². The minimum atomic E-state index is 0.0281. The number of carbonyl (C=O) groups excluding carboxylic acids is 2. The maximum absolute atomic E-state index is 13.2. The van der Waals surface area contributed by atoms with Crippen LogP contribution in [-0.2, 0) is 4.79 Å². The van der Waals surface area contributed by atoms with Crippen LogP contribution in [0.3, 0.4) is 0 Å². The summed E-state index contributed by atoms with van der Waals surface area (Å²) in [7, 11) is 0. The van der Waals surface area contributed by atoms with Gasteiger partial charge < -0.3 is 5.32 Å². The number of nitrogens with zero attached hydrogens (tertiary/aromatic N) is 1. The molecule has 0 saturated carbocycles. The third-order valence-corrected chi connectivity index (χ3v) is 6.05. The van der Waals surface area contributed by atoms with Gasteiger partial charge in [0.1, 0.15) is 0 Å². The second-order valence-corrected chi connectivity index (χ2v) is 8.28. The summed E-state index contributed by atoms with van der Waals surface area (Å²) >= 11 is 1.48. The first-order valence-corrected chi connectivity index (χ1v) is 11.2. The zero-order valence-electron chi connectivity index (χ0n) is 16.9. The van der Waals surface area contributed by atoms with Gasteiger partial charge in [-0.05, 0) is 36.8 Å². The number of aromatic nitrogens is 1. The second kappa shape index (κ2) is 9.18. The van der Waals surface area contributed by atoms with E-state index in [1.807, 2.05) is 65.2 Å². The number of thioether (sulfide) groups is 1. The predicted molar refractivity (Wildman–Crippen MR) is 125 cm³/mol. The van der Waals surface area contributed by atoms with Crippen molar-refractivity contribution in [3.05, 3.63) is 72.8 Å². The number of nitrogens with one attached hydrogen (secondary N) is 1. The molecule has 30 heavy (non-hydrogen) atoms. The maximum Gasteiger partial charge on any atom is 0.241 e. The molecular formula is C25H24N2O2S. The highest BCUT2D eigenvalue weighted by molar-refractivity contribution is 8.00. The fourth-order valence-corrected chi connectivity index (χ4v) is 4.43. The third kappa shape index (κ3) is 4.26. The van der Waals surface area contributed by atoms with Crippen molar-refractivity contribution in [3.8, 4) is 0 Å². The standard InChI is InChI=1S/C25H24N2O2S/c1-2-3-15-24(28)26-18-9-8-10-19(16-18)30-17-25(29)27-22-13-6-4-11-20(22)21-12-5-7-14-23(21)27/h4-14,16H,2-3,15,17H2,1H3,(H,26,28). The first-order chi connectivity index (χ1) is 14.7. The summed E-state index contributed by atoms with van der Waals surface area (Å²) in [5.74, 6) is 0.380. The van der Waals surface area contributed by atoms with Gasteiger partial charge in [-0.1, -0.05) is 55.8 Å². The summed E-state index contributed by atoms with van der Waals surface area (Å²) in [6, 6.07) is 23.7. The van der Waals surface area contributed by atoms with Crippen molar-refractivity contribution in [2.24, 2.45) is 0 Å². The monoisotopic (exact) mass is 416 g/mol. The van der Waals surface area contributed by atoms with Crippen LogP contribution < -0.4 is 5.32 Å². The van der Waals surface area contributed by atoms with E-state index in [0.717, 1.165) is 45.2 Å². The van der Waals surface area contributed by atoms with Gasteiger partial charge in [0.25, 0.3) is 0 Å². The predicted octanol–water partition coefficient (Wildman–Crippen LogP) is 6.36. The summed E-state index contributed by atoms with van der Waals surface area (Å²) in [6.07, 6.45) is 2.40. The van der Waals surface area contributed by atoms with E-state index >= 15 is 0 Å². The molecule has 0 aliphatic heterocycles. The molecule has 0 unspecified atom stereocenters. The lowest BCUT2D eigenvalue weighted by atomic mass is 10.2. The van der Waals surface area contributed by atoms with Gasteiger partial charge in [0.05, 0.1) is 16.8 Å². The molecule has 0 radical (unpaired) electrons. The Morgan fingerprint density at radius 3 is 2.23 bits per heavy atom. The zero-order chi connectivity index (χ0) is 20.9. The van der Waals surface area contributed by atoms with E-state index in [9.17, 15) is 9.59 Å². The van der Waals surface area contributed by atoms with Gasteiger partial charge in [-0.3, -0.25) is 14.2 Å². The molecule has 1 N–H and O–H groups in total. The molecule has 0 atom stereocenters. The fraction of sp³-hybridized carbons (Fsp3) is 0.200. The van der Waals surface area contributed by atoms with Crippen molar-refractivity contribution in [3.63, 3.8) is 0 Å². The fourth-order valence-electron chi connectivity index (χ4n) is 3.63. The SMILES string of the molecule is CCCCC(=O)Nc1cccc(SCC(=O)n2c3ccccc3c3ccccc32)c1. The molecule has 152 valence electrons. The summed E-state index contributed by atoms with van der Waals surface area (Å²) in [6.45, 7) is 2.07. The molecule has 0 bridgehead atoms. The second-order valence-electron chi connectivity index (χ2n) is 7.23. The number of carbonyl (C=O) groups is 2. The van der Waals surface area contributed by atoms with Crippen molar-refractivity contribution in [1.29, 1.82) is 0 Å². The summed E-state index contributed by atoms with van der Waals surface area (Å²) in [4.78, 5) is 26.1. The van der Waals surface area contributed by atoms with Crippen molar-refractivity contribution in [1.82, 2.24) is 4.57 Å². The minimum absolute atomic E-state index is 0.0281. The van der Waals surface area contributed by atoms with E-state index in [4.69, 9.17) is 0 Å². The number of rotatable bonds is 7. The van der Waals surface area contributed by atoms with Gasteiger partial charge in [0.15, 0.2) is 0 Å². The third-order valence-electron chi connectivity index (χ3n) is 5.07. The first-order valence-electron chi connectivity index (χ1n) is 10.2. The van der Waals surface area contributed by atoms with Gasteiger partial charge in [0, 0.05) is 27.8 Å². The van der Waals surface area contributed by atoms with Crippen LogP contribution in [-0.4, -0.2) is 22.1 Å².